The van der Waals surface area contributed by atoms with Crippen LogP contribution in [0.2, 0.25) is 0 Å². The molecular formula is C7H10N4O2. The lowest BCUT2D eigenvalue weighted by molar-refractivity contribution is 0.157. The molecule has 1 aromatic rings. The molecule has 13 heavy (non-hydrogen) atoms. The van der Waals surface area contributed by atoms with E-state index in [0.29, 0.717) is 19.7 Å². The second-order valence-corrected chi connectivity index (χ2v) is 2.86. The van der Waals surface area contributed by atoms with E-state index in [2.05, 4.69) is 10.2 Å². The molecule has 0 bridgehead atoms. The van der Waals surface area contributed by atoms with Crippen molar-refractivity contribution in [3.63, 3.8) is 0 Å². The summed E-state index contributed by atoms with van der Waals surface area (Å²) in [5.41, 5.74) is 0.779. The van der Waals surface area contributed by atoms with Crippen molar-refractivity contribution in [3.05, 3.63) is 11.9 Å². The maximum Gasteiger partial charge on any atom is 0.410 e. The first kappa shape index (κ1) is 8.03. The van der Waals surface area contributed by atoms with Crippen LogP contribution < -0.4 is 0 Å². The number of ether oxygens (including phenoxy) is 1. The third-order valence-electron chi connectivity index (χ3n) is 1.84. The Labute approximate surface area is 75.1 Å². The van der Waals surface area contributed by atoms with Gasteiger partial charge in [0.1, 0.15) is 12.3 Å². The van der Waals surface area contributed by atoms with E-state index in [1.165, 1.54) is 4.80 Å². The summed E-state index contributed by atoms with van der Waals surface area (Å²) in [7, 11) is 1.74. The van der Waals surface area contributed by atoms with Crippen molar-refractivity contribution in [1.82, 2.24) is 19.9 Å². The van der Waals surface area contributed by atoms with Crippen LogP contribution in [0.4, 0.5) is 4.79 Å². The first-order chi connectivity index (χ1) is 6.25. The summed E-state index contributed by atoms with van der Waals surface area (Å²) in [6.07, 6.45) is 1.37. The Morgan fingerprint density at radius 3 is 3.08 bits per heavy atom. The lowest BCUT2D eigenvalue weighted by Crippen LogP contribution is -2.23. The Bertz CT molecular complexity index is 322. The minimum atomic E-state index is -0.273. The highest BCUT2D eigenvalue weighted by Crippen LogP contribution is 2.07. The average Bonchev–Trinajstić information content (AvgIpc) is 2.64. The monoisotopic (exact) mass is 182 g/mol. The van der Waals surface area contributed by atoms with Gasteiger partial charge in [-0.2, -0.15) is 15.0 Å². The van der Waals surface area contributed by atoms with Gasteiger partial charge in [-0.1, -0.05) is 0 Å². The van der Waals surface area contributed by atoms with Crippen molar-refractivity contribution in [2.45, 2.75) is 6.54 Å². The first-order valence-corrected chi connectivity index (χ1v) is 4.02. The van der Waals surface area contributed by atoms with Gasteiger partial charge in [-0.3, -0.25) is 4.90 Å². The predicted molar refractivity (Wildman–Crippen MR) is 42.8 cm³/mol. The highest BCUT2D eigenvalue weighted by Gasteiger charge is 2.22. The molecule has 1 saturated heterocycles. The third-order valence-corrected chi connectivity index (χ3v) is 1.84. The standard InChI is InChI=1S/C7H10N4O2/c1-10-8-4-6(9-10)5-11-2-3-13-7(11)12/h4H,2-3,5H2,1H3. The molecule has 2 heterocycles. The molecule has 0 aromatic carbocycles. The van der Waals surface area contributed by atoms with E-state index in [1.54, 1.807) is 18.1 Å². The van der Waals surface area contributed by atoms with Crippen LogP contribution in [0.3, 0.4) is 0 Å². The van der Waals surface area contributed by atoms with Crippen molar-refractivity contribution in [1.29, 1.82) is 0 Å². The summed E-state index contributed by atoms with van der Waals surface area (Å²) in [6.45, 7) is 1.58. The first-order valence-electron chi connectivity index (χ1n) is 4.02. The van der Waals surface area contributed by atoms with Gasteiger partial charge < -0.3 is 4.74 Å². The van der Waals surface area contributed by atoms with E-state index in [0.717, 1.165) is 5.69 Å². The van der Waals surface area contributed by atoms with E-state index in [4.69, 9.17) is 4.74 Å². The zero-order chi connectivity index (χ0) is 9.26. The van der Waals surface area contributed by atoms with Crippen molar-refractivity contribution in [2.75, 3.05) is 13.2 Å². The molecule has 0 unspecified atom stereocenters. The van der Waals surface area contributed by atoms with Crippen LogP contribution in [0.1, 0.15) is 5.69 Å². The summed E-state index contributed by atoms with van der Waals surface area (Å²) in [6, 6.07) is 0. The van der Waals surface area contributed by atoms with Gasteiger partial charge in [-0.25, -0.2) is 4.79 Å². The fourth-order valence-electron chi connectivity index (χ4n) is 1.23. The molecule has 1 aliphatic heterocycles. The van der Waals surface area contributed by atoms with Crippen molar-refractivity contribution < 1.29 is 9.53 Å². The number of nitrogens with zero attached hydrogens (tertiary/aromatic N) is 4. The number of hydrogen-bond donors (Lipinski definition) is 0. The Hall–Kier alpha value is -1.59. The highest BCUT2D eigenvalue weighted by atomic mass is 16.6. The van der Waals surface area contributed by atoms with Gasteiger partial charge in [0.2, 0.25) is 0 Å². The molecule has 6 nitrogen and oxygen atoms in total. The number of carbonyl (C=O) groups excluding carboxylic acids is 1. The topological polar surface area (TPSA) is 60.2 Å². The van der Waals surface area contributed by atoms with Gasteiger partial charge >= 0.3 is 6.09 Å². The fourth-order valence-corrected chi connectivity index (χ4v) is 1.23. The normalized spacial score (nSPS) is 16.4. The fraction of sp³-hybridized carbons (Fsp3) is 0.571. The van der Waals surface area contributed by atoms with Gasteiger partial charge in [0, 0.05) is 7.05 Å². The summed E-state index contributed by atoms with van der Waals surface area (Å²) in [4.78, 5) is 14.1. The van der Waals surface area contributed by atoms with Crippen molar-refractivity contribution >= 4 is 6.09 Å². The lowest BCUT2D eigenvalue weighted by atomic mass is 10.4. The molecule has 0 aliphatic carbocycles. The molecule has 1 fully saturated rings. The molecule has 0 radical (unpaired) electrons. The molecule has 1 aliphatic rings. The molecule has 1 aromatic heterocycles. The van der Waals surface area contributed by atoms with Crippen LogP contribution in [0.15, 0.2) is 6.20 Å². The van der Waals surface area contributed by atoms with Gasteiger partial charge in [-0.15, -0.1) is 0 Å². The Morgan fingerprint density at radius 1 is 1.69 bits per heavy atom. The summed E-state index contributed by atoms with van der Waals surface area (Å²) in [5, 5.41) is 7.98. The maximum atomic E-state index is 11.0. The molecule has 0 spiro atoms. The number of rotatable bonds is 2. The number of aryl methyl sites for hydroxylation is 1. The third kappa shape index (κ3) is 1.61. The highest BCUT2D eigenvalue weighted by molar-refractivity contribution is 5.69. The van der Waals surface area contributed by atoms with E-state index >= 15 is 0 Å². The molecule has 70 valence electrons. The van der Waals surface area contributed by atoms with E-state index < -0.39 is 0 Å². The summed E-state index contributed by atoms with van der Waals surface area (Å²) >= 11 is 0. The maximum absolute atomic E-state index is 11.0. The zero-order valence-electron chi connectivity index (χ0n) is 7.30. The molecule has 0 atom stereocenters. The largest absolute Gasteiger partial charge is 0.448 e. The van der Waals surface area contributed by atoms with Gasteiger partial charge in [0.05, 0.1) is 19.3 Å². The van der Waals surface area contributed by atoms with E-state index in [1.807, 2.05) is 0 Å². The Morgan fingerprint density at radius 2 is 2.54 bits per heavy atom. The van der Waals surface area contributed by atoms with Crippen LogP contribution in [-0.2, 0) is 18.3 Å². The Kier molecular flexibility index (Phi) is 1.88. The Balaban J connectivity index is 2.01. The minimum absolute atomic E-state index is 0.273. The van der Waals surface area contributed by atoms with E-state index in [9.17, 15) is 4.79 Å². The minimum Gasteiger partial charge on any atom is -0.448 e. The van der Waals surface area contributed by atoms with E-state index in [-0.39, 0.29) is 6.09 Å². The average molecular weight is 182 g/mol. The van der Waals surface area contributed by atoms with Crippen LogP contribution in [0.5, 0.6) is 0 Å². The lowest BCUT2D eigenvalue weighted by Gasteiger charge is -2.08. The zero-order valence-corrected chi connectivity index (χ0v) is 7.30. The molecular weight excluding hydrogens is 172 g/mol. The van der Waals surface area contributed by atoms with Gasteiger partial charge in [0.25, 0.3) is 0 Å². The predicted octanol–water partition coefficient (Wildman–Crippen LogP) is -0.233. The number of cyclic esters (lactones) is 1. The van der Waals surface area contributed by atoms with Gasteiger partial charge in [-0.05, 0) is 0 Å². The molecule has 6 heteroatoms. The number of carbonyl (C=O) groups is 1. The quantitative estimate of drug-likeness (QED) is 0.633. The smallest absolute Gasteiger partial charge is 0.410 e. The number of hydrogen-bond acceptors (Lipinski definition) is 4. The SMILES string of the molecule is Cn1ncc(CN2CCOC2=O)n1. The second-order valence-electron chi connectivity index (χ2n) is 2.86. The molecule has 0 saturated carbocycles. The summed E-state index contributed by atoms with van der Waals surface area (Å²) < 4.78 is 4.78. The molecule has 1 amide bonds. The summed E-state index contributed by atoms with van der Waals surface area (Å²) in [5.74, 6) is 0. The van der Waals surface area contributed by atoms with Crippen molar-refractivity contribution in [3.8, 4) is 0 Å². The molecule has 2 rings (SSSR count). The number of aromatic nitrogens is 3. The van der Waals surface area contributed by atoms with Gasteiger partial charge in [0.15, 0.2) is 0 Å². The van der Waals surface area contributed by atoms with Crippen LogP contribution >= 0.6 is 0 Å². The van der Waals surface area contributed by atoms with Crippen LogP contribution in [0.25, 0.3) is 0 Å². The van der Waals surface area contributed by atoms with Crippen LogP contribution in [-0.4, -0.2) is 39.1 Å². The number of amides is 1. The van der Waals surface area contributed by atoms with Crippen LogP contribution in [0, 0.1) is 0 Å². The van der Waals surface area contributed by atoms with Crippen molar-refractivity contribution in [2.24, 2.45) is 7.05 Å². The molecule has 0 N–H and O–H groups in total. The second kappa shape index (κ2) is 3.04.